The third-order valence-corrected chi connectivity index (χ3v) is 6.81. The molecule has 4 rings (SSSR count). The van der Waals surface area contributed by atoms with Crippen LogP contribution in [0.2, 0.25) is 0 Å². The third-order valence-electron chi connectivity index (χ3n) is 5.86. The van der Waals surface area contributed by atoms with E-state index >= 15 is 0 Å². The van der Waals surface area contributed by atoms with Gasteiger partial charge < -0.3 is 29.2 Å². The van der Waals surface area contributed by atoms with Crippen molar-refractivity contribution in [3.63, 3.8) is 0 Å². The second-order valence-corrected chi connectivity index (χ2v) is 8.92. The van der Waals surface area contributed by atoms with E-state index in [1.165, 1.54) is 40.2 Å². The van der Waals surface area contributed by atoms with Gasteiger partial charge in [-0.3, -0.25) is 4.79 Å². The highest BCUT2D eigenvalue weighted by molar-refractivity contribution is 7.98. The molecule has 188 valence electrons. The SMILES string of the molecule is COC(=O)C1=C(C)Nc2nc(SCc3ccccc3)[nH]c(=O)c2C1c1cc(OC)c(OC)c(OC)c1. The van der Waals surface area contributed by atoms with E-state index in [2.05, 4.69) is 15.3 Å². The number of H-pyrrole nitrogens is 1. The summed E-state index contributed by atoms with van der Waals surface area (Å²) in [6.07, 6.45) is 0. The quantitative estimate of drug-likeness (QED) is 0.263. The molecule has 0 amide bonds. The number of rotatable bonds is 8. The Labute approximate surface area is 212 Å². The number of fused-ring (bicyclic) bond motifs is 1. The molecule has 1 aliphatic rings. The molecule has 3 aromatic rings. The fourth-order valence-electron chi connectivity index (χ4n) is 4.21. The van der Waals surface area contributed by atoms with Gasteiger partial charge in [-0.1, -0.05) is 42.1 Å². The normalized spacial score (nSPS) is 14.5. The van der Waals surface area contributed by atoms with E-state index in [0.29, 0.717) is 50.8 Å². The Bertz CT molecular complexity index is 1340. The van der Waals surface area contributed by atoms with E-state index in [9.17, 15) is 9.59 Å². The summed E-state index contributed by atoms with van der Waals surface area (Å²) in [4.78, 5) is 33.9. The Balaban J connectivity index is 1.85. The number of carbonyl (C=O) groups is 1. The molecule has 0 aliphatic carbocycles. The molecule has 0 saturated carbocycles. The van der Waals surface area contributed by atoms with Crippen molar-refractivity contribution in [2.24, 2.45) is 0 Å². The van der Waals surface area contributed by atoms with Crippen LogP contribution in [0.15, 0.2) is 63.7 Å². The summed E-state index contributed by atoms with van der Waals surface area (Å²) < 4.78 is 21.5. The van der Waals surface area contributed by atoms with Gasteiger partial charge in [0.15, 0.2) is 16.7 Å². The minimum Gasteiger partial charge on any atom is -0.493 e. The topological polar surface area (TPSA) is 112 Å². The van der Waals surface area contributed by atoms with Crippen LogP contribution in [0.3, 0.4) is 0 Å². The molecule has 1 unspecified atom stereocenters. The maximum absolute atomic E-state index is 13.5. The minimum atomic E-state index is -0.785. The third kappa shape index (κ3) is 4.76. The zero-order valence-corrected chi connectivity index (χ0v) is 21.4. The zero-order chi connectivity index (χ0) is 25.8. The number of hydrogen-bond acceptors (Lipinski definition) is 9. The molecule has 1 aliphatic heterocycles. The molecule has 10 heteroatoms. The number of anilines is 1. The first-order chi connectivity index (χ1) is 17.4. The van der Waals surface area contributed by atoms with Crippen LogP contribution in [0.5, 0.6) is 17.2 Å². The second-order valence-electron chi connectivity index (χ2n) is 7.95. The monoisotopic (exact) mass is 509 g/mol. The lowest BCUT2D eigenvalue weighted by atomic mass is 9.82. The van der Waals surface area contributed by atoms with Crippen LogP contribution in [0, 0.1) is 0 Å². The standard InChI is InChI=1S/C26H27N3O6S/c1-14-19(25(31)35-5)20(16-11-17(32-2)22(34-4)18(12-16)33-3)21-23(27-14)28-26(29-24(21)30)36-13-15-9-7-6-8-10-15/h6-12,20H,13H2,1-5H3,(H2,27,28,29,30). The molecule has 36 heavy (non-hydrogen) atoms. The van der Waals surface area contributed by atoms with Crippen LogP contribution in [0.25, 0.3) is 0 Å². The van der Waals surface area contributed by atoms with E-state index in [4.69, 9.17) is 18.9 Å². The number of thioether (sulfide) groups is 1. The van der Waals surface area contributed by atoms with Gasteiger partial charge in [0.2, 0.25) is 5.75 Å². The summed E-state index contributed by atoms with van der Waals surface area (Å²) in [5.74, 6) is 0.858. The predicted molar refractivity (Wildman–Crippen MR) is 137 cm³/mol. The van der Waals surface area contributed by atoms with Crippen LogP contribution in [0.1, 0.15) is 29.5 Å². The summed E-state index contributed by atoms with van der Waals surface area (Å²) in [7, 11) is 5.82. The molecule has 0 spiro atoms. The molecule has 0 radical (unpaired) electrons. The van der Waals surface area contributed by atoms with Crippen molar-refractivity contribution in [3.05, 3.63) is 80.8 Å². The molecule has 1 atom stereocenters. The van der Waals surface area contributed by atoms with E-state index < -0.39 is 11.9 Å². The van der Waals surface area contributed by atoms with Crippen LogP contribution in [0.4, 0.5) is 5.82 Å². The number of methoxy groups -OCH3 is 4. The van der Waals surface area contributed by atoms with Gasteiger partial charge in [0.25, 0.3) is 5.56 Å². The number of allylic oxidation sites excluding steroid dienone is 1. The molecule has 9 nitrogen and oxygen atoms in total. The Kier molecular flexibility index (Phi) is 7.54. The summed E-state index contributed by atoms with van der Waals surface area (Å²) in [5.41, 5.74) is 2.44. The molecule has 0 bridgehead atoms. The maximum Gasteiger partial charge on any atom is 0.336 e. The smallest absolute Gasteiger partial charge is 0.336 e. The highest BCUT2D eigenvalue weighted by Gasteiger charge is 2.37. The Morgan fingerprint density at radius 1 is 1.03 bits per heavy atom. The average Bonchev–Trinajstić information content (AvgIpc) is 2.90. The fraction of sp³-hybridized carbons (Fsp3) is 0.269. The number of nitrogens with zero attached hydrogens (tertiary/aromatic N) is 1. The lowest BCUT2D eigenvalue weighted by molar-refractivity contribution is -0.136. The van der Waals surface area contributed by atoms with Crippen LogP contribution in [-0.4, -0.2) is 44.4 Å². The van der Waals surface area contributed by atoms with E-state index in [1.54, 1.807) is 19.1 Å². The van der Waals surface area contributed by atoms with Crippen molar-refractivity contribution in [2.75, 3.05) is 33.8 Å². The maximum atomic E-state index is 13.5. The number of benzene rings is 2. The van der Waals surface area contributed by atoms with Crippen LogP contribution < -0.4 is 25.1 Å². The van der Waals surface area contributed by atoms with E-state index in [1.807, 2.05) is 30.3 Å². The largest absolute Gasteiger partial charge is 0.493 e. The first kappa shape index (κ1) is 25.2. The second kappa shape index (κ2) is 10.8. The lowest BCUT2D eigenvalue weighted by Crippen LogP contribution is -2.31. The van der Waals surface area contributed by atoms with Gasteiger partial charge in [-0.15, -0.1) is 0 Å². The number of esters is 1. The van der Waals surface area contributed by atoms with Crippen molar-refractivity contribution < 1.29 is 23.7 Å². The van der Waals surface area contributed by atoms with Crippen molar-refractivity contribution >= 4 is 23.5 Å². The van der Waals surface area contributed by atoms with E-state index in [0.717, 1.165) is 5.56 Å². The van der Waals surface area contributed by atoms with Crippen molar-refractivity contribution in [1.29, 1.82) is 0 Å². The highest BCUT2D eigenvalue weighted by Crippen LogP contribution is 2.46. The lowest BCUT2D eigenvalue weighted by Gasteiger charge is -2.29. The zero-order valence-electron chi connectivity index (χ0n) is 20.6. The first-order valence-electron chi connectivity index (χ1n) is 11.1. The van der Waals surface area contributed by atoms with Crippen LogP contribution in [-0.2, 0) is 15.3 Å². The average molecular weight is 510 g/mol. The Morgan fingerprint density at radius 3 is 2.28 bits per heavy atom. The fourth-order valence-corrected chi connectivity index (χ4v) is 5.02. The van der Waals surface area contributed by atoms with Gasteiger partial charge in [0.1, 0.15) is 5.82 Å². The van der Waals surface area contributed by atoms with Crippen LogP contribution >= 0.6 is 11.8 Å². The molecule has 2 N–H and O–H groups in total. The Morgan fingerprint density at radius 2 is 1.69 bits per heavy atom. The van der Waals surface area contributed by atoms with Gasteiger partial charge in [0.05, 0.1) is 45.5 Å². The Hall–Kier alpha value is -3.92. The molecule has 2 heterocycles. The number of nitrogens with one attached hydrogen (secondary N) is 2. The number of carbonyl (C=O) groups excluding carboxylic acids is 1. The highest BCUT2D eigenvalue weighted by atomic mass is 32.2. The van der Waals surface area contributed by atoms with E-state index in [-0.39, 0.29) is 11.1 Å². The molecule has 2 aromatic carbocycles. The summed E-state index contributed by atoms with van der Waals surface area (Å²) in [6.45, 7) is 1.75. The molecule has 1 aromatic heterocycles. The van der Waals surface area contributed by atoms with Gasteiger partial charge in [-0.05, 0) is 30.2 Å². The molecule has 0 fully saturated rings. The minimum absolute atomic E-state index is 0.288. The van der Waals surface area contributed by atoms with Crippen molar-refractivity contribution in [3.8, 4) is 17.2 Å². The first-order valence-corrected chi connectivity index (χ1v) is 12.1. The number of aromatic nitrogens is 2. The number of aromatic amines is 1. The molecular formula is C26H27N3O6S. The van der Waals surface area contributed by atoms with Gasteiger partial charge >= 0.3 is 5.97 Å². The summed E-state index contributed by atoms with van der Waals surface area (Å²) in [6, 6.07) is 13.3. The van der Waals surface area contributed by atoms with Gasteiger partial charge in [0, 0.05) is 11.4 Å². The van der Waals surface area contributed by atoms with Gasteiger partial charge in [-0.25, -0.2) is 9.78 Å². The van der Waals surface area contributed by atoms with Gasteiger partial charge in [-0.2, -0.15) is 0 Å². The molecule has 0 saturated heterocycles. The summed E-state index contributed by atoms with van der Waals surface area (Å²) >= 11 is 1.42. The number of ether oxygens (including phenoxy) is 4. The summed E-state index contributed by atoms with van der Waals surface area (Å²) in [5, 5.41) is 3.60. The number of hydrogen-bond donors (Lipinski definition) is 2. The van der Waals surface area contributed by atoms with Crippen molar-refractivity contribution in [1.82, 2.24) is 9.97 Å². The van der Waals surface area contributed by atoms with Crippen molar-refractivity contribution in [2.45, 2.75) is 23.8 Å². The molecular weight excluding hydrogens is 482 g/mol. The predicted octanol–water partition coefficient (Wildman–Crippen LogP) is 4.09.